The summed E-state index contributed by atoms with van der Waals surface area (Å²) in [6.07, 6.45) is 5.42. The molecule has 1 aliphatic rings. The molecule has 0 radical (unpaired) electrons. The summed E-state index contributed by atoms with van der Waals surface area (Å²) in [5.74, 6) is 0. The van der Waals surface area contributed by atoms with Crippen molar-refractivity contribution in [2.45, 2.75) is 62.6 Å². The Morgan fingerprint density at radius 2 is 2.10 bits per heavy atom. The van der Waals surface area contributed by atoms with Crippen LogP contribution in [0.2, 0.25) is 0 Å². The Bertz CT molecular complexity index is 420. The largest absolute Gasteiger partial charge is 0.375 e. The second-order valence-corrected chi connectivity index (χ2v) is 6.88. The van der Waals surface area contributed by atoms with Crippen molar-refractivity contribution < 1.29 is 4.74 Å². The number of hydrogen-bond acceptors (Lipinski definition) is 3. The number of thioether (sulfide) groups is 1. The first-order valence-corrected chi connectivity index (χ1v) is 8.83. The minimum Gasteiger partial charge on any atom is -0.375 e. The third-order valence-corrected chi connectivity index (χ3v) is 5.19. The third-order valence-electron chi connectivity index (χ3n) is 4.44. The molecular formula is C17H27NOS. The summed E-state index contributed by atoms with van der Waals surface area (Å²) in [6, 6.07) is 9.85. The first-order chi connectivity index (χ1) is 9.56. The van der Waals surface area contributed by atoms with Crippen LogP contribution >= 0.6 is 11.8 Å². The molecule has 0 aliphatic carbocycles. The van der Waals surface area contributed by atoms with E-state index in [9.17, 15) is 0 Å². The van der Waals surface area contributed by atoms with Gasteiger partial charge in [0.25, 0.3) is 0 Å². The van der Waals surface area contributed by atoms with Gasteiger partial charge in [0.05, 0.1) is 5.60 Å². The third kappa shape index (κ3) is 4.00. The second-order valence-electron chi connectivity index (χ2n) is 6.00. The summed E-state index contributed by atoms with van der Waals surface area (Å²) in [5, 5.41) is 3.78. The topological polar surface area (TPSA) is 21.3 Å². The highest BCUT2D eigenvalue weighted by molar-refractivity contribution is 7.98. The lowest BCUT2D eigenvalue weighted by Gasteiger charge is -2.39. The molecule has 2 nitrogen and oxygen atoms in total. The number of rotatable bonds is 5. The number of hydrogen-bond donors (Lipinski definition) is 1. The van der Waals surface area contributed by atoms with Crippen molar-refractivity contribution in [2.75, 3.05) is 12.9 Å². The first kappa shape index (κ1) is 15.9. The van der Waals surface area contributed by atoms with Gasteiger partial charge in [0.2, 0.25) is 0 Å². The van der Waals surface area contributed by atoms with Gasteiger partial charge in [-0.2, -0.15) is 0 Å². The minimum absolute atomic E-state index is 0.0539. The molecule has 3 heteroatoms. The van der Waals surface area contributed by atoms with Gasteiger partial charge in [0, 0.05) is 23.6 Å². The predicted octanol–water partition coefficient (Wildman–Crippen LogP) is 4.41. The van der Waals surface area contributed by atoms with E-state index in [2.05, 4.69) is 56.6 Å². The number of benzene rings is 1. The second kappa shape index (κ2) is 6.97. The van der Waals surface area contributed by atoms with Crippen LogP contribution in [0.3, 0.4) is 0 Å². The van der Waals surface area contributed by atoms with Crippen molar-refractivity contribution >= 4 is 11.8 Å². The molecule has 1 fully saturated rings. The maximum absolute atomic E-state index is 5.92. The average molecular weight is 293 g/mol. The summed E-state index contributed by atoms with van der Waals surface area (Å²) < 4.78 is 5.92. The van der Waals surface area contributed by atoms with Crippen molar-refractivity contribution in [3.05, 3.63) is 29.8 Å². The summed E-state index contributed by atoms with van der Waals surface area (Å²) in [4.78, 5) is 1.32. The van der Waals surface area contributed by atoms with Crippen molar-refractivity contribution in [1.82, 2.24) is 5.32 Å². The quantitative estimate of drug-likeness (QED) is 0.813. The van der Waals surface area contributed by atoms with Crippen LogP contribution in [0.5, 0.6) is 0 Å². The van der Waals surface area contributed by atoms with Crippen molar-refractivity contribution in [1.29, 1.82) is 0 Å². The normalized spacial score (nSPS) is 28.3. The van der Waals surface area contributed by atoms with E-state index in [4.69, 9.17) is 4.74 Å². The van der Waals surface area contributed by atoms with E-state index in [0.29, 0.717) is 12.1 Å². The summed E-state index contributed by atoms with van der Waals surface area (Å²) in [7, 11) is 0. The molecule has 1 saturated heterocycles. The summed E-state index contributed by atoms with van der Waals surface area (Å²) in [6.45, 7) is 7.58. The Labute approximate surface area is 127 Å². The van der Waals surface area contributed by atoms with Gasteiger partial charge in [0.15, 0.2) is 0 Å². The van der Waals surface area contributed by atoms with Crippen LogP contribution in [0.15, 0.2) is 29.2 Å². The molecule has 1 heterocycles. The molecule has 1 aliphatic heterocycles. The molecule has 112 valence electrons. The Kier molecular flexibility index (Phi) is 5.53. The molecule has 3 atom stereocenters. The SMILES string of the molecule is CCC1(C)CC(NC(C)c2ccc(SC)cc2)CCO1. The standard InChI is InChI=1S/C17H27NOS/c1-5-17(3)12-15(10-11-19-17)18-13(2)14-6-8-16(20-4)9-7-14/h6-9,13,15,18H,5,10-12H2,1-4H3. The molecule has 1 N–H and O–H groups in total. The molecule has 0 spiro atoms. The molecule has 20 heavy (non-hydrogen) atoms. The monoisotopic (exact) mass is 293 g/mol. The van der Waals surface area contributed by atoms with Crippen LogP contribution in [0, 0.1) is 0 Å². The molecule has 2 rings (SSSR count). The maximum atomic E-state index is 5.92. The van der Waals surface area contributed by atoms with Crippen LogP contribution in [-0.2, 0) is 4.74 Å². The fraction of sp³-hybridized carbons (Fsp3) is 0.647. The van der Waals surface area contributed by atoms with Gasteiger partial charge in [0.1, 0.15) is 0 Å². The van der Waals surface area contributed by atoms with Gasteiger partial charge >= 0.3 is 0 Å². The molecular weight excluding hydrogens is 266 g/mol. The van der Waals surface area contributed by atoms with E-state index in [1.165, 1.54) is 10.5 Å². The van der Waals surface area contributed by atoms with Gasteiger partial charge in [-0.05, 0) is 57.1 Å². The van der Waals surface area contributed by atoms with Crippen LogP contribution in [0.4, 0.5) is 0 Å². The zero-order chi connectivity index (χ0) is 14.6. The minimum atomic E-state index is 0.0539. The Morgan fingerprint density at radius 1 is 1.40 bits per heavy atom. The van der Waals surface area contributed by atoms with Crippen LogP contribution < -0.4 is 5.32 Å². The van der Waals surface area contributed by atoms with Crippen LogP contribution in [0.1, 0.15) is 51.6 Å². The molecule has 1 aromatic carbocycles. The van der Waals surface area contributed by atoms with Gasteiger partial charge in [-0.1, -0.05) is 19.1 Å². The highest BCUT2D eigenvalue weighted by Gasteiger charge is 2.32. The summed E-state index contributed by atoms with van der Waals surface area (Å²) >= 11 is 1.79. The van der Waals surface area contributed by atoms with Gasteiger partial charge in [-0.25, -0.2) is 0 Å². The highest BCUT2D eigenvalue weighted by atomic mass is 32.2. The van der Waals surface area contributed by atoms with Crippen molar-refractivity contribution in [3.63, 3.8) is 0 Å². The summed E-state index contributed by atoms with van der Waals surface area (Å²) in [5.41, 5.74) is 1.42. The van der Waals surface area contributed by atoms with E-state index < -0.39 is 0 Å². The Balaban J connectivity index is 1.94. The first-order valence-electron chi connectivity index (χ1n) is 7.60. The zero-order valence-electron chi connectivity index (χ0n) is 13.1. The number of nitrogens with one attached hydrogen (secondary N) is 1. The molecule has 1 aromatic rings. The fourth-order valence-electron chi connectivity index (χ4n) is 2.86. The van der Waals surface area contributed by atoms with Gasteiger partial charge in [-0.15, -0.1) is 11.8 Å². The average Bonchev–Trinajstić information content (AvgIpc) is 2.47. The lowest BCUT2D eigenvalue weighted by atomic mass is 9.89. The smallest absolute Gasteiger partial charge is 0.0666 e. The molecule has 0 saturated carbocycles. The fourth-order valence-corrected chi connectivity index (χ4v) is 3.27. The van der Waals surface area contributed by atoms with Crippen LogP contribution in [0.25, 0.3) is 0 Å². The lowest BCUT2D eigenvalue weighted by molar-refractivity contribution is -0.0789. The van der Waals surface area contributed by atoms with E-state index in [0.717, 1.165) is 25.9 Å². The Morgan fingerprint density at radius 3 is 2.70 bits per heavy atom. The van der Waals surface area contributed by atoms with Crippen molar-refractivity contribution in [2.24, 2.45) is 0 Å². The lowest BCUT2D eigenvalue weighted by Crippen LogP contribution is -2.45. The number of ether oxygens (including phenoxy) is 1. The predicted molar refractivity (Wildman–Crippen MR) is 87.4 cm³/mol. The van der Waals surface area contributed by atoms with E-state index in [-0.39, 0.29) is 5.60 Å². The molecule has 0 amide bonds. The van der Waals surface area contributed by atoms with E-state index >= 15 is 0 Å². The highest BCUT2D eigenvalue weighted by Crippen LogP contribution is 2.29. The maximum Gasteiger partial charge on any atom is 0.0666 e. The van der Waals surface area contributed by atoms with E-state index in [1.807, 2.05) is 0 Å². The Hall–Kier alpha value is -0.510. The van der Waals surface area contributed by atoms with E-state index in [1.54, 1.807) is 11.8 Å². The van der Waals surface area contributed by atoms with Crippen molar-refractivity contribution in [3.8, 4) is 0 Å². The zero-order valence-corrected chi connectivity index (χ0v) is 13.9. The molecule has 0 bridgehead atoms. The molecule has 3 unspecified atom stereocenters. The van der Waals surface area contributed by atoms with Crippen LogP contribution in [-0.4, -0.2) is 24.5 Å². The molecule has 0 aromatic heterocycles. The van der Waals surface area contributed by atoms with Gasteiger partial charge < -0.3 is 10.1 Å². The van der Waals surface area contributed by atoms with Gasteiger partial charge in [-0.3, -0.25) is 0 Å².